The predicted octanol–water partition coefficient (Wildman–Crippen LogP) is 2.98. The van der Waals surface area contributed by atoms with E-state index < -0.39 is 0 Å². The molecule has 7 heteroatoms. The molecule has 0 bridgehead atoms. The van der Waals surface area contributed by atoms with E-state index in [4.69, 9.17) is 0 Å². The number of aromatic nitrogens is 4. The molecule has 120 valence electrons. The van der Waals surface area contributed by atoms with Crippen LogP contribution in [0.5, 0.6) is 0 Å². The Bertz CT molecular complexity index is 802. The van der Waals surface area contributed by atoms with E-state index in [-0.39, 0.29) is 18.6 Å². The van der Waals surface area contributed by atoms with Crippen molar-refractivity contribution in [2.24, 2.45) is 5.92 Å². The van der Waals surface area contributed by atoms with Crippen LogP contribution in [0.4, 0.5) is 5.82 Å². The molecule has 0 radical (unpaired) electrons. The largest absolute Gasteiger partial charge is 0.396 e. The van der Waals surface area contributed by atoms with Crippen LogP contribution in [0.1, 0.15) is 24.2 Å². The Labute approximate surface area is 142 Å². The zero-order chi connectivity index (χ0) is 16.4. The number of aliphatic hydroxyl groups excluding tert-OH is 1. The lowest BCUT2D eigenvalue weighted by atomic mass is 9.95. The number of rotatable bonds is 5. The van der Waals surface area contributed by atoms with Gasteiger partial charge in [0.05, 0.1) is 6.04 Å². The molecule has 0 fully saturated rings. The average molecular weight is 376 g/mol. The number of aliphatic hydroxyl groups is 1. The van der Waals surface area contributed by atoms with Gasteiger partial charge in [-0.3, -0.25) is 0 Å². The minimum atomic E-state index is -0.0534. The number of fused-ring (bicyclic) bond motifs is 1. The number of hydrogen-bond donors (Lipinski definition) is 2. The summed E-state index contributed by atoms with van der Waals surface area (Å²) < 4.78 is 2.69. The van der Waals surface area contributed by atoms with Gasteiger partial charge in [-0.25, -0.2) is 4.98 Å². The molecule has 2 heterocycles. The summed E-state index contributed by atoms with van der Waals surface area (Å²) in [5.41, 5.74) is 1.96. The molecule has 0 amide bonds. The van der Waals surface area contributed by atoms with E-state index in [0.29, 0.717) is 5.78 Å². The number of hydrogen-bond acceptors (Lipinski definition) is 5. The van der Waals surface area contributed by atoms with Gasteiger partial charge in [-0.1, -0.05) is 35.0 Å². The molecule has 3 aromatic rings. The van der Waals surface area contributed by atoms with Gasteiger partial charge in [0.15, 0.2) is 0 Å². The van der Waals surface area contributed by atoms with E-state index in [1.54, 1.807) is 4.52 Å². The molecule has 2 N–H and O–H groups in total. The Morgan fingerprint density at radius 2 is 2.04 bits per heavy atom. The Hall–Kier alpha value is -1.99. The lowest BCUT2D eigenvalue weighted by molar-refractivity contribution is 0.222. The zero-order valence-corrected chi connectivity index (χ0v) is 14.5. The second-order valence-corrected chi connectivity index (χ2v) is 6.50. The quantitative estimate of drug-likeness (QED) is 0.716. The molecule has 0 aliphatic heterocycles. The Balaban J connectivity index is 2.00. The van der Waals surface area contributed by atoms with Crippen LogP contribution in [0.3, 0.4) is 0 Å². The van der Waals surface area contributed by atoms with Crippen molar-refractivity contribution in [1.82, 2.24) is 19.6 Å². The Morgan fingerprint density at radius 1 is 1.30 bits per heavy atom. The van der Waals surface area contributed by atoms with E-state index >= 15 is 0 Å². The van der Waals surface area contributed by atoms with Gasteiger partial charge in [0.25, 0.3) is 5.78 Å². The van der Waals surface area contributed by atoms with Gasteiger partial charge in [-0.15, -0.1) is 0 Å². The zero-order valence-electron chi connectivity index (χ0n) is 12.9. The molecule has 0 aliphatic carbocycles. The summed E-state index contributed by atoms with van der Waals surface area (Å²) in [5.74, 6) is 1.39. The van der Waals surface area contributed by atoms with Gasteiger partial charge in [0.2, 0.25) is 0 Å². The van der Waals surface area contributed by atoms with E-state index in [1.807, 2.05) is 44.2 Å². The van der Waals surface area contributed by atoms with Crippen molar-refractivity contribution >= 4 is 27.5 Å². The smallest absolute Gasteiger partial charge is 0.254 e. The second kappa shape index (κ2) is 6.64. The van der Waals surface area contributed by atoms with Crippen LogP contribution < -0.4 is 5.32 Å². The molecular weight excluding hydrogens is 358 g/mol. The highest BCUT2D eigenvalue weighted by Crippen LogP contribution is 2.28. The van der Waals surface area contributed by atoms with E-state index in [1.165, 1.54) is 6.33 Å². The molecule has 23 heavy (non-hydrogen) atoms. The first-order valence-corrected chi connectivity index (χ1v) is 8.18. The molecule has 0 saturated heterocycles. The van der Waals surface area contributed by atoms with Crippen LogP contribution in [0.2, 0.25) is 0 Å². The number of halogens is 1. The van der Waals surface area contributed by atoms with Crippen LogP contribution in [-0.2, 0) is 0 Å². The highest BCUT2D eigenvalue weighted by Gasteiger charge is 2.20. The van der Waals surface area contributed by atoms with Crippen LogP contribution in [0, 0.1) is 12.8 Å². The summed E-state index contributed by atoms with van der Waals surface area (Å²) in [6.07, 6.45) is 1.48. The summed E-state index contributed by atoms with van der Waals surface area (Å²) in [4.78, 5) is 8.49. The first-order chi connectivity index (χ1) is 11.1. The summed E-state index contributed by atoms with van der Waals surface area (Å²) in [7, 11) is 0. The highest BCUT2D eigenvalue weighted by atomic mass is 79.9. The average Bonchev–Trinajstić information content (AvgIpc) is 3.01. The van der Waals surface area contributed by atoms with E-state index in [9.17, 15) is 5.11 Å². The number of nitrogens with one attached hydrogen (secondary N) is 1. The predicted molar refractivity (Wildman–Crippen MR) is 92.3 cm³/mol. The number of benzene rings is 1. The first-order valence-electron chi connectivity index (χ1n) is 7.38. The molecule has 2 atom stereocenters. The molecule has 3 rings (SSSR count). The van der Waals surface area contributed by atoms with Crippen LogP contribution >= 0.6 is 15.9 Å². The summed E-state index contributed by atoms with van der Waals surface area (Å²) >= 11 is 3.45. The van der Waals surface area contributed by atoms with Gasteiger partial charge in [-0.2, -0.15) is 14.6 Å². The van der Waals surface area contributed by atoms with E-state index in [0.717, 1.165) is 21.5 Å². The normalized spacial score (nSPS) is 13.9. The first kappa shape index (κ1) is 15.9. The maximum absolute atomic E-state index is 9.63. The van der Waals surface area contributed by atoms with Crippen molar-refractivity contribution in [3.63, 3.8) is 0 Å². The lowest BCUT2D eigenvalue weighted by Gasteiger charge is -2.25. The van der Waals surface area contributed by atoms with Crippen molar-refractivity contribution in [2.45, 2.75) is 19.9 Å². The topological polar surface area (TPSA) is 75.3 Å². The fraction of sp³-hybridized carbons (Fsp3) is 0.312. The van der Waals surface area contributed by atoms with Crippen molar-refractivity contribution in [3.8, 4) is 0 Å². The van der Waals surface area contributed by atoms with Crippen molar-refractivity contribution in [1.29, 1.82) is 0 Å². The van der Waals surface area contributed by atoms with Gasteiger partial charge < -0.3 is 10.4 Å². The minimum absolute atomic E-state index is 0.0308. The SMILES string of the molecule is Cc1cc(N[C@@H](c2ccc(Br)cc2)[C@@H](C)CO)n2ncnc2n1. The number of nitrogens with zero attached hydrogens (tertiary/aromatic N) is 4. The maximum Gasteiger partial charge on any atom is 0.254 e. The third-order valence-corrected chi connectivity index (χ3v) is 4.30. The standard InChI is InChI=1S/C16H18BrN5O/c1-10(8-23)15(12-3-5-13(17)6-4-12)21-14-7-11(2)20-16-18-9-19-22(14)16/h3-7,9-10,15,21,23H,8H2,1-2H3/t10-,15+/m0/s1. The molecule has 0 unspecified atom stereocenters. The third-order valence-electron chi connectivity index (χ3n) is 3.77. The van der Waals surface area contributed by atoms with E-state index in [2.05, 4.69) is 36.3 Å². The number of anilines is 1. The van der Waals surface area contributed by atoms with Crippen molar-refractivity contribution in [2.75, 3.05) is 11.9 Å². The molecule has 2 aromatic heterocycles. The lowest BCUT2D eigenvalue weighted by Crippen LogP contribution is -2.23. The third kappa shape index (κ3) is 3.35. The second-order valence-electron chi connectivity index (χ2n) is 5.59. The summed E-state index contributed by atoms with van der Waals surface area (Å²) in [6.45, 7) is 4.01. The van der Waals surface area contributed by atoms with Crippen LogP contribution in [-0.4, -0.2) is 31.3 Å². The number of aryl methyl sites for hydroxylation is 1. The summed E-state index contributed by atoms with van der Waals surface area (Å²) in [6, 6.07) is 9.95. The molecule has 0 saturated carbocycles. The van der Waals surface area contributed by atoms with Gasteiger partial charge in [0.1, 0.15) is 12.1 Å². The van der Waals surface area contributed by atoms with Crippen molar-refractivity contribution < 1.29 is 5.11 Å². The van der Waals surface area contributed by atoms with Crippen LogP contribution in [0.25, 0.3) is 5.78 Å². The Kier molecular flexibility index (Phi) is 4.58. The molecular formula is C16H18BrN5O. The van der Waals surface area contributed by atoms with Gasteiger partial charge in [0, 0.05) is 28.8 Å². The fourth-order valence-electron chi connectivity index (χ4n) is 2.52. The fourth-order valence-corrected chi connectivity index (χ4v) is 2.79. The summed E-state index contributed by atoms with van der Waals surface area (Å²) in [5, 5.41) is 17.3. The highest BCUT2D eigenvalue weighted by molar-refractivity contribution is 9.10. The monoisotopic (exact) mass is 375 g/mol. The molecule has 1 aromatic carbocycles. The minimum Gasteiger partial charge on any atom is -0.396 e. The molecule has 0 spiro atoms. The Morgan fingerprint density at radius 3 is 2.74 bits per heavy atom. The molecule has 0 aliphatic rings. The van der Waals surface area contributed by atoms with Gasteiger partial charge >= 0.3 is 0 Å². The maximum atomic E-state index is 9.63. The molecule has 6 nitrogen and oxygen atoms in total. The van der Waals surface area contributed by atoms with Crippen LogP contribution in [0.15, 0.2) is 41.1 Å². The van der Waals surface area contributed by atoms with Crippen molar-refractivity contribution in [3.05, 3.63) is 52.4 Å². The van der Waals surface area contributed by atoms with Gasteiger partial charge in [-0.05, 0) is 24.6 Å².